The van der Waals surface area contributed by atoms with Crippen LogP contribution in [-0.4, -0.2) is 47.1 Å². The monoisotopic (exact) mass is 252 g/mol. The maximum atomic E-state index is 8.74. The first-order valence-electron chi connectivity index (χ1n) is 5.11. The van der Waals surface area contributed by atoms with Gasteiger partial charge in [-0.1, -0.05) is 13.3 Å². The Bertz CT molecular complexity index is 307. The number of hydrogen-bond acceptors (Lipinski definition) is 4. The molecule has 1 heterocycles. The highest BCUT2D eigenvalue weighted by Gasteiger charge is 2.16. The second-order valence-corrected chi connectivity index (χ2v) is 4.53. The van der Waals surface area contributed by atoms with Gasteiger partial charge in [-0.05, 0) is 13.3 Å². The second kappa shape index (κ2) is 6.72. The molecule has 2 N–H and O–H groups in total. The van der Waals surface area contributed by atoms with Gasteiger partial charge in [-0.2, -0.15) is 8.42 Å². The number of rotatable bonds is 3. The van der Waals surface area contributed by atoms with E-state index < -0.39 is 10.4 Å². The van der Waals surface area contributed by atoms with Crippen molar-refractivity contribution >= 4 is 10.4 Å². The standard InChI is InChI=1S/C9H18N2.H2O4S/c1-4-5-6-11-8-7-10(3)9(11)2;1-5(2,3)4/h7-9H,4-6H2,1-3H3;(H2,1,2,3,4). The molecule has 0 bridgehead atoms. The van der Waals surface area contributed by atoms with Gasteiger partial charge >= 0.3 is 10.4 Å². The van der Waals surface area contributed by atoms with Gasteiger partial charge in [0.1, 0.15) is 0 Å². The van der Waals surface area contributed by atoms with Gasteiger partial charge in [-0.15, -0.1) is 0 Å². The van der Waals surface area contributed by atoms with E-state index in [9.17, 15) is 0 Å². The Labute approximate surface area is 97.1 Å². The van der Waals surface area contributed by atoms with E-state index >= 15 is 0 Å². The predicted octanol–water partition coefficient (Wildman–Crippen LogP) is 1.20. The van der Waals surface area contributed by atoms with Crippen molar-refractivity contribution in [3.8, 4) is 0 Å². The normalized spacial score (nSPS) is 19.7. The van der Waals surface area contributed by atoms with Crippen molar-refractivity contribution in [3.63, 3.8) is 0 Å². The molecule has 0 saturated carbocycles. The average molecular weight is 252 g/mol. The Hall–Kier alpha value is -0.790. The van der Waals surface area contributed by atoms with Crippen LogP contribution < -0.4 is 0 Å². The molecule has 1 aliphatic heterocycles. The molecule has 96 valence electrons. The summed E-state index contributed by atoms with van der Waals surface area (Å²) in [6.45, 7) is 5.66. The van der Waals surface area contributed by atoms with Crippen LogP contribution in [0.5, 0.6) is 0 Å². The molecule has 7 heteroatoms. The summed E-state index contributed by atoms with van der Waals surface area (Å²) in [5.74, 6) is 0. The topological polar surface area (TPSA) is 81.1 Å². The van der Waals surface area contributed by atoms with Crippen molar-refractivity contribution in [1.82, 2.24) is 9.80 Å². The van der Waals surface area contributed by atoms with E-state index in [1.807, 2.05) is 0 Å². The van der Waals surface area contributed by atoms with Crippen LogP contribution in [0.3, 0.4) is 0 Å². The lowest BCUT2D eigenvalue weighted by atomic mass is 10.3. The van der Waals surface area contributed by atoms with Crippen LogP contribution in [0, 0.1) is 0 Å². The molecule has 1 rings (SSSR count). The molecule has 0 radical (unpaired) electrons. The van der Waals surface area contributed by atoms with E-state index in [-0.39, 0.29) is 0 Å². The van der Waals surface area contributed by atoms with Crippen molar-refractivity contribution in [3.05, 3.63) is 12.4 Å². The third-order valence-electron chi connectivity index (χ3n) is 2.33. The van der Waals surface area contributed by atoms with Gasteiger partial charge in [0.15, 0.2) is 0 Å². The maximum absolute atomic E-state index is 8.74. The molecular formula is C9H20N2O4S. The third kappa shape index (κ3) is 7.49. The van der Waals surface area contributed by atoms with Crippen molar-refractivity contribution in [2.24, 2.45) is 0 Å². The van der Waals surface area contributed by atoms with Gasteiger partial charge in [0, 0.05) is 26.0 Å². The average Bonchev–Trinajstić information content (AvgIpc) is 2.42. The second-order valence-electron chi connectivity index (χ2n) is 3.63. The van der Waals surface area contributed by atoms with Crippen molar-refractivity contribution in [1.29, 1.82) is 0 Å². The zero-order valence-electron chi connectivity index (χ0n) is 9.87. The minimum atomic E-state index is -4.67. The smallest absolute Gasteiger partial charge is 0.359 e. The molecule has 0 aromatic heterocycles. The molecule has 0 saturated heterocycles. The fourth-order valence-corrected chi connectivity index (χ4v) is 1.28. The summed E-state index contributed by atoms with van der Waals surface area (Å²) >= 11 is 0. The summed E-state index contributed by atoms with van der Waals surface area (Å²) in [4.78, 5) is 4.61. The summed E-state index contributed by atoms with van der Waals surface area (Å²) in [6.07, 6.45) is 7.45. The quantitative estimate of drug-likeness (QED) is 0.735. The first-order valence-corrected chi connectivity index (χ1v) is 6.51. The van der Waals surface area contributed by atoms with Crippen molar-refractivity contribution < 1.29 is 17.5 Å². The lowest BCUT2D eigenvalue weighted by Crippen LogP contribution is -2.33. The van der Waals surface area contributed by atoms with E-state index in [4.69, 9.17) is 17.5 Å². The summed E-state index contributed by atoms with van der Waals surface area (Å²) in [7, 11) is -2.55. The minimum Gasteiger partial charge on any atom is -0.359 e. The predicted molar refractivity (Wildman–Crippen MR) is 62.2 cm³/mol. The third-order valence-corrected chi connectivity index (χ3v) is 2.33. The van der Waals surface area contributed by atoms with Gasteiger partial charge in [0.2, 0.25) is 0 Å². The van der Waals surface area contributed by atoms with Crippen LogP contribution >= 0.6 is 0 Å². The van der Waals surface area contributed by atoms with Crippen LogP contribution in [0.25, 0.3) is 0 Å². The molecule has 0 fully saturated rings. The molecule has 1 unspecified atom stereocenters. The minimum absolute atomic E-state index is 0.557. The molecule has 1 atom stereocenters. The van der Waals surface area contributed by atoms with E-state index in [0.717, 1.165) is 0 Å². The molecule has 0 spiro atoms. The molecule has 0 amide bonds. The van der Waals surface area contributed by atoms with E-state index in [0.29, 0.717) is 6.17 Å². The highest BCUT2D eigenvalue weighted by atomic mass is 32.3. The first kappa shape index (κ1) is 15.2. The Kier molecular flexibility index (Phi) is 6.39. The molecule has 0 aliphatic carbocycles. The number of hydrogen-bond donors (Lipinski definition) is 2. The molecule has 0 aromatic rings. The summed E-state index contributed by atoms with van der Waals surface area (Å²) in [6, 6.07) is 0. The zero-order chi connectivity index (χ0) is 12.8. The lowest BCUT2D eigenvalue weighted by molar-refractivity contribution is 0.193. The highest BCUT2D eigenvalue weighted by molar-refractivity contribution is 7.79. The summed E-state index contributed by atoms with van der Waals surface area (Å²) in [5, 5.41) is 0. The molecule has 16 heavy (non-hydrogen) atoms. The largest absolute Gasteiger partial charge is 0.394 e. The van der Waals surface area contributed by atoms with Gasteiger partial charge in [0.05, 0.1) is 6.17 Å². The van der Waals surface area contributed by atoms with Crippen LogP contribution in [0.2, 0.25) is 0 Å². The SMILES string of the molecule is CCCCN1C=CN(C)C1C.O=S(=O)(O)O. The number of nitrogens with zero attached hydrogens (tertiary/aromatic N) is 2. The van der Waals surface area contributed by atoms with Gasteiger partial charge in [0.25, 0.3) is 0 Å². The van der Waals surface area contributed by atoms with E-state index in [2.05, 4.69) is 43.1 Å². The van der Waals surface area contributed by atoms with Crippen LogP contribution in [-0.2, 0) is 10.4 Å². The maximum Gasteiger partial charge on any atom is 0.394 e. The van der Waals surface area contributed by atoms with Gasteiger partial charge in [-0.3, -0.25) is 9.11 Å². The van der Waals surface area contributed by atoms with Crippen LogP contribution in [0.1, 0.15) is 26.7 Å². The van der Waals surface area contributed by atoms with Crippen molar-refractivity contribution in [2.75, 3.05) is 13.6 Å². The fourth-order valence-electron chi connectivity index (χ4n) is 1.28. The summed E-state index contributed by atoms with van der Waals surface area (Å²) in [5.41, 5.74) is 0. The van der Waals surface area contributed by atoms with Crippen LogP contribution in [0.4, 0.5) is 0 Å². The highest BCUT2D eigenvalue weighted by Crippen LogP contribution is 2.13. The van der Waals surface area contributed by atoms with Gasteiger partial charge in [-0.25, -0.2) is 0 Å². The fraction of sp³-hybridized carbons (Fsp3) is 0.778. The Morgan fingerprint density at radius 2 is 1.81 bits per heavy atom. The summed E-state index contributed by atoms with van der Waals surface area (Å²) < 4.78 is 31.6. The number of unbranched alkanes of at least 4 members (excludes halogenated alkanes) is 1. The Morgan fingerprint density at radius 3 is 2.12 bits per heavy atom. The van der Waals surface area contributed by atoms with E-state index in [1.54, 1.807) is 0 Å². The van der Waals surface area contributed by atoms with Crippen LogP contribution in [0.15, 0.2) is 12.4 Å². The molecule has 6 nitrogen and oxygen atoms in total. The lowest BCUT2D eigenvalue weighted by Gasteiger charge is -2.26. The Balaban J connectivity index is 0.000000385. The van der Waals surface area contributed by atoms with Gasteiger partial charge < -0.3 is 9.80 Å². The Morgan fingerprint density at radius 1 is 1.31 bits per heavy atom. The molecule has 1 aliphatic rings. The molecule has 0 aromatic carbocycles. The van der Waals surface area contributed by atoms with E-state index in [1.165, 1.54) is 19.4 Å². The zero-order valence-corrected chi connectivity index (χ0v) is 10.7. The molecular weight excluding hydrogens is 232 g/mol. The van der Waals surface area contributed by atoms with Crippen molar-refractivity contribution in [2.45, 2.75) is 32.9 Å². The first-order chi connectivity index (χ1) is 7.25.